The number of rotatable bonds is 7. The van der Waals surface area contributed by atoms with E-state index in [0.717, 1.165) is 19.5 Å². The number of hydrogen-bond donors (Lipinski definition) is 2. The van der Waals surface area contributed by atoms with Crippen molar-refractivity contribution in [3.63, 3.8) is 0 Å². The lowest BCUT2D eigenvalue weighted by molar-refractivity contribution is 0.582. The summed E-state index contributed by atoms with van der Waals surface area (Å²) in [5.74, 6) is 0. The molecule has 0 saturated heterocycles. The van der Waals surface area contributed by atoms with E-state index < -0.39 is 10.0 Å². The average Bonchev–Trinajstić information content (AvgIpc) is 2.00. The van der Waals surface area contributed by atoms with Crippen molar-refractivity contribution in [3.05, 3.63) is 11.6 Å². The molecule has 0 radical (unpaired) electrons. The summed E-state index contributed by atoms with van der Waals surface area (Å²) in [6.45, 7) is 6.27. The van der Waals surface area contributed by atoms with Crippen LogP contribution in [0.15, 0.2) is 11.6 Å². The zero-order valence-corrected chi connectivity index (χ0v) is 9.95. The van der Waals surface area contributed by atoms with E-state index in [1.165, 1.54) is 11.8 Å². The average molecular weight is 220 g/mol. The number of hydrogen-bond acceptors (Lipinski definition) is 3. The lowest BCUT2D eigenvalue weighted by Gasteiger charge is -2.02. The van der Waals surface area contributed by atoms with Crippen LogP contribution in [0.4, 0.5) is 0 Å². The van der Waals surface area contributed by atoms with E-state index in [2.05, 4.69) is 16.1 Å². The second-order valence-electron chi connectivity index (χ2n) is 3.51. The molecule has 0 aromatic carbocycles. The normalized spacial score (nSPS) is 11.4. The second kappa shape index (κ2) is 6.98. The minimum atomic E-state index is -3.02. The van der Waals surface area contributed by atoms with E-state index in [1.807, 2.05) is 13.8 Å². The van der Waals surface area contributed by atoms with Gasteiger partial charge in [-0.15, -0.1) is 0 Å². The Bertz CT molecular complexity index is 267. The molecule has 0 aromatic rings. The van der Waals surface area contributed by atoms with Crippen LogP contribution in [0.2, 0.25) is 0 Å². The van der Waals surface area contributed by atoms with Gasteiger partial charge in [0.15, 0.2) is 0 Å². The quantitative estimate of drug-likeness (QED) is 0.485. The van der Waals surface area contributed by atoms with Gasteiger partial charge in [-0.2, -0.15) is 0 Å². The summed E-state index contributed by atoms with van der Waals surface area (Å²) in [6, 6.07) is 0. The molecular weight excluding hydrogens is 200 g/mol. The van der Waals surface area contributed by atoms with Crippen LogP contribution in [-0.4, -0.2) is 34.3 Å². The van der Waals surface area contributed by atoms with Crippen LogP contribution in [-0.2, 0) is 10.0 Å². The van der Waals surface area contributed by atoms with Crippen molar-refractivity contribution < 1.29 is 8.42 Å². The maximum absolute atomic E-state index is 10.7. The third-order valence-electron chi connectivity index (χ3n) is 1.55. The van der Waals surface area contributed by atoms with Gasteiger partial charge in [-0.3, -0.25) is 0 Å². The highest BCUT2D eigenvalue weighted by molar-refractivity contribution is 7.88. The maximum atomic E-state index is 10.7. The van der Waals surface area contributed by atoms with Crippen molar-refractivity contribution >= 4 is 10.0 Å². The van der Waals surface area contributed by atoms with Crippen LogP contribution in [0.5, 0.6) is 0 Å². The Morgan fingerprint density at radius 2 is 1.93 bits per heavy atom. The summed E-state index contributed by atoms with van der Waals surface area (Å²) < 4.78 is 23.8. The summed E-state index contributed by atoms with van der Waals surface area (Å²) in [5, 5.41) is 3.19. The van der Waals surface area contributed by atoms with Crippen LogP contribution >= 0.6 is 0 Å². The van der Waals surface area contributed by atoms with Gasteiger partial charge in [-0.1, -0.05) is 11.6 Å². The Labute approximate surface area is 86.8 Å². The molecule has 5 heteroatoms. The maximum Gasteiger partial charge on any atom is 0.208 e. The zero-order valence-electron chi connectivity index (χ0n) is 9.13. The first-order valence-corrected chi connectivity index (χ1v) is 6.59. The molecular formula is C9H20N2O2S. The Balaban J connectivity index is 3.27. The third-order valence-corrected chi connectivity index (χ3v) is 2.28. The highest BCUT2D eigenvalue weighted by Gasteiger charge is 1.97. The summed E-state index contributed by atoms with van der Waals surface area (Å²) >= 11 is 0. The molecule has 0 spiro atoms. The van der Waals surface area contributed by atoms with E-state index >= 15 is 0 Å². The summed E-state index contributed by atoms with van der Waals surface area (Å²) in [6.07, 6.45) is 4.08. The standard InChI is InChI=1S/C9H20N2O2S/c1-9(2)5-8-10-6-4-7-11-14(3,12)13/h5,10-11H,4,6-8H2,1-3H3. The van der Waals surface area contributed by atoms with Gasteiger partial charge in [0.05, 0.1) is 6.26 Å². The summed E-state index contributed by atoms with van der Waals surface area (Å²) in [7, 11) is -3.02. The molecule has 4 nitrogen and oxygen atoms in total. The second-order valence-corrected chi connectivity index (χ2v) is 5.34. The van der Waals surface area contributed by atoms with Crippen LogP contribution in [0.3, 0.4) is 0 Å². The van der Waals surface area contributed by atoms with Crippen LogP contribution < -0.4 is 10.0 Å². The first-order valence-electron chi connectivity index (χ1n) is 4.70. The molecule has 0 bridgehead atoms. The van der Waals surface area contributed by atoms with Crippen LogP contribution in [0, 0.1) is 0 Å². The van der Waals surface area contributed by atoms with Crippen molar-refractivity contribution in [3.8, 4) is 0 Å². The summed E-state index contributed by atoms with van der Waals surface area (Å²) in [5.41, 5.74) is 1.28. The molecule has 0 amide bonds. The van der Waals surface area contributed by atoms with Gasteiger partial charge >= 0.3 is 0 Å². The van der Waals surface area contributed by atoms with Crippen molar-refractivity contribution in [2.75, 3.05) is 25.9 Å². The van der Waals surface area contributed by atoms with Gasteiger partial charge in [0, 0.05) is 13.1 Å². The van der Waals surface area contributed by atoms with E-state index in [-0.39, 0.29) is 0 Å². The van der Waals surface area contributed by atoms with E-state index in [4.69, 9.17) is 0 Å². The van der Waals surface area contributed by atoms with Gasteiger partial charge in [-0.05, 0) is 26.8 Å². The lowest BCUT2D eigenvalue weighted by atomic mass is 10.3. The molecule has 0 rings (SSSR count). The van der Waals surface area contributed by atoms with Gasteiger partial charge in [0.25, 0.3) is 0 Å². The molecule has 0 atom stereocenters. The molecule has 0 saturated carbocycles. The van der Waals surface area contributed by atoms with Crippen LogP contribution in [0.1, 0.15) is 20.3 Å². The summed E-state index contributed by atoms with van der Waals surface area (Å²) in [4.78, 5) is 0. The zero-order chi connectivity index (χ0) is 11.0. The Kier molecular flexibility index (Phi) is 6.78. The Morgan fingerprint density at radius 3 is 2.43 bits per heavy atom. The molecule has 0 aliphatic heterocycles. The Hall–Kier alpha value is -0.390. The van der Waals surface area contributed by atoms with Crippen molar-refractivity contribution in [1.29, 1.82) is 0 Å². The van der Waals surface area contributed by atoms with Gasteiger partial charge in [0.2, 0.25) is 10.0 Å². The third kappa shape index (κ3) is 11.6. The van der Waals surface area contributed by atoms with Gasteiger partial charge < -0.3 is 5.32 Å². The number of allylic oxidation sites excluding steroid dienone is 1. The lowest BCUT2D eigenvalue weighted by Crippen LogP contribution is -2.26. The van der Waals surface area contributed by atoms with Gasteiger partial charge in [0.1, 0.15) is 0 Å². The predicted molar refractivity (Wildman–Crippen MR) is 59.8 cm³/mol. The first-order chi connectivity index (χ1) is 6.42. The van der Waals surface area contributed by atoms with E-state index in [1.54, 1.807) is 0 Å². The molecule has 0 heterocycles. The van der Waals surface area contributed by atoms with E-state index in [9.17, 15) is 8.42 Å². The topological polar surface area (TPSA) is 58.2 Å². The molecule has 84 valence electrons. The Morgan fingerprint density at radius 1 is 1.29 bits per heavy atom. The number of nitrogens with one attached hydrogen (secondary N) is 2. The van der Waals surface area contributed by atoms with Gasteiger partial charge in [-0.25, -0.2) is 13.1 Å². The highest BCUT2D eigenvalue weighted by Crippen LogP contribution is 1.85. The predicted octanol–water partition coefficient (Wildman–Crippen LogP) is 0.482. The van der Waals surface area contributed by atoms with Crippen molar-refractivity contribution in [1.82, 2.24) is 10.0 Å². The van der Waals surface area contributed by atoms with E-state index in [0.29, 0.717) is 6.54 Å². The van der Waals surface area contributed by atoms with Crippen LogP contribution in [0.25, 0.3) is 0 Å². The molecule has 0 fully saturated rings. The minimum Gasteiger partial charge on any atom is -0.313 e. The molecule has 0 unspecified atom stereocenters. The fourth-order valence-electron chi connectivity index (χ4n) is 0.849. The smallest absolute Gasteiger partial charge is 0.208 e. The largest absolute Gasteiger partial charge is 0.313 e. The fraction of sp³-hybridized carbons (Fsp3) is 0.778. The first kappa shape index (κ1) is 13.6. The molecule has 0 aliphatic carbocycles. The fourth-order valence-corrected chi connectivity index (χ4v) is 1.36. The molecule has 0 aliphatic rings. The molecule has 14 heavy (non-hydrogen) atoms. The van der Waals surface area contributed by atoms with Crippen molar-refractivity contribution in [2.24, 2.45) is 0 Å². The molecule has 2 N–H and O–H groups in total. The highest BCUT2D eigenvalue weighted by atomic mass is 32.2. The monoisotopic (exact) mass is 220 g/mol. The minimum absolute atomic E-state index is 0.501. The molecule has 0 aromatic heterocycles. The number of sulfonamides is 1. The SMILES string of the molecule is CC(C)=CCNCCCNS(C)(=O)=O. The van der Waals surface area contributed by atoms with Crippen molar-refractivity contribution in [2.45, 2.75) is 20.3 Å².